The smallest absolute Gasteiger partial charge is 0.251 e. The molecule has 6 rings (SSSR count). The Hall–Kier alpha value is -3.10. The number of fused-ring (bicyclic) bond motifs is 1. The summed E-state index contributed by atoms with van der Waals surface area (Å²) in [5.74, 6) is -0.814. The van der Waals surface area contributed by atoms with E-state index in [-0.39, 0.29) is 29.4 Å². The minimum Gasteiger partial charge on any atom is -0.490 e. The summed E-state index contributed by atoms with van der Waals surface area (Å²) >= 11 is 0. The summed E-state index contributed by atoms with van der Waals surface area (Å²) in [7, 11) is 0. The predicted octanol–water partition coefficient (Wildman–Crippen LogP) is 6.28. The number of hydrogen-bond donors (Lipinski definition) is 1. The number of rotatable bonds is 8. The largest absolute Gasteiger partial charge is 0.490 e. The molecule has 1 spiro atoms. The van der Waals surface area contributed by atoms with Gasteiger partial charge in [0.15, 0.2) is 0 Å². The SMILES string of the molecule is Fc1cc(OC2CC3(CCNC3)C2)cc(F)c1C1c2ccc(OCc3ccccc3)cc2CCN1CC(F)F. The summed E-state index contributed by atoms with van der Waals surface area (Å²) in [6, 6.07) is 16.5. The maximum Gasteiger partial charge on any atom is 0.251 e. The molecule has 206 valence electrons. The molecule has 0 aromatic heterocycles. The zero-order valence-electron chi connectivity index (χ0n) is 21.6. The fourth-order valence-corrected chi connectivity index (χ4v) is 6.41. The Morgan fingerprint density at radius 3 is 2.44 bits per heavy atom. The van der Waals surface area contributed by atoms with Gasteiger partial charge in [0.25, 0.3) is 6.43 Å². The van der Waals surface area contributed by atoms with Crippen LogP contribution in [0.4, 0.5) is 17.6 Å². The number of hydrogen-bond acceptors (Lipinski definition) is 4. The van der Waals surface area contributed by atoms with Crippen LogP contribution in [0.5, 0.6) is 11.5 Å². The molecule has 8 heteroatoms. The van der Waals surface area contributed by atoms with Crippen LogP contribution in [0.15, 0.2) is 60.7 Å². The van der Waals surface area contributed by atoms with E-state index in [1.54, 1.807) is 12.1 Å². The monoisotopic (exact) mass is 540 g/mol. The third kappa shape index (κ3) is 5.50. The maximum absolute atomic E-state index is 15.6. The molecule has 0 radical (unpaired) electrons. The van der Waals surface area contributed by atoms with Gasteiger partial charge in [0.05, 0.1) is 18.7 Å². The Labute approximate surface area is 225 Å². The number of alkyl halides is 2. The summed E-state index contributed by atoms with van der Waals surface area (Å²) in [5.41, 5.74) is 2.47. The van der Waals surface area contributed by atoms with Gasteiger partial charge in [-0.15, -0.1) is 0 Å². The molecule has 1 atom stereocenters. The van der Waals surface area contributed by atoms with Gasteiger partial charge in [0.2, 0.25) is 0 Å². The van der Waals surface area contributed by atoms with Crippen LogP contribution in [0.25, 0.3) is 0 Å². The Kier molecular flexibility index (Phi) is 7.25. The lowest BCUT2D eigenvalue weighted by Gasteiger charge is -2.44. The van der Waals surface area contributed by atoms with Gasteiger partial charge in [-0.2, -0.15) is 0 Å². The molecular formula is C31H32F4N2O2. The second-order valence-corrected chi connectivity index (χ2v) is 11.0. The van der Waals surface area contributed by atoms with Crippen molar-refractivity contribution in [2.75, 3.05) is 26.2 Å². The molecular weight excluding hydrogens is 508 g/mol. The van der Waals surface area contributed by atoms with Gasteiger partial charge in [-0.25, -0.2) is 17.6 Å². The highest BCUT2D eigenvalue weighted by Crippen LogP contribution is 2.47. The molecule has 3 aliphatic rings. The molecule has 2 aliphatic heterocycles. The van der Waals surface area contributed by atoms with Crippen molar-refractivity contribution in [3.63, 3.8) is 0 Å². The van der Waals surface area contributed by atoms with Crippen molar-refractivity contribution >= 4 is 0 Å². The Morgan fingerprint density at radius 2 is 1.74 bits per heavy atom. The lowest BCUT2D eigenvalue weighted by Crippen LogP contribution is -2.45. The van der Waals surface area contributed by atoms with Gasteiger partial charge < -0.3 is 14.8 Å². The van der Waals surface area contributed by atoms with Crippen LogP contribution in [-0.2, 0) is 13.0 Å². The lowest BCUT2D eigenvalue weighted by atomic mass is 9.66. The van der Waals surface area contributed by atoms with Crippen molar-refractivity contribution in [3.8, 4) is 11.5 Å². The standard InChI is InChI=1S/C31H32F4N2O2/c32-26-13-23(39-24-15-31(16-24)9-10-36-19-31)14-27(33)29(26)30-25-7-6-22(38-18-20-4-2-1-3-5-20)12-21(25)8-11-37(30)17-28(34)35/h1-7,12-14,24,28,30,36H,8-11,15-19H2. The maximum atomic E-state index is 15.6. The third-order valence-corrected chi connectivity index (χ3v) is 8.35. The predicted molar refractivity (Wildman–Crippen MR) is 140 cm³/mol. The molecule has 3 aromatic carbocycles. The summed E-state index contributed by atoms with van der Waals surface area (Å²) in [6.07, 6.45) is 0.579. The summed E-state index contributed by atoms with van der Waals surface area (Å²) < 4.78 is 70.1. The molecule has 1 saturated carbocycles. The van der Waals surface area contributed by atoms with Crippen LogP contribution in [0.2, 0.25) is 0 Å². The summed E-state index contributed by atoms with van der Waals surface area (Å²) in [6.45, 7) is 1.99. The molecule has 1 saturated heterocycles. The first kappa shape index (κ1) is 26.1. The minimum absolute atomic E-state index is 0.0744. The van der Waals surface area contributed by atoms with Gasteiger partial charge in [-0.05, 0) is 66.5 Å². The van der Waals surface area contributed by atoms with Crippen LogP contribution in [0.3, 0.4) is 0 Å². The molecule has 0 amide bonds. The molecule has 39 heavy (non-hydrogen) atoms. The van der Waals surface area contributed by atoms with Crippen molar-refractivity contribution in [1.82, 2.24) is 10.2 Å². The number of nitrogens with one attached hydrogen (secondary N) is 1. The number of nitrogens with zero attached hydrogens (tertiary/aromatic N) is 1. The molecule has 0 bridgehead atoms. The van der Waals surface area contributed by atoms with E-state index in [1.165, 1.54) is 17.0 Å². The van der Waals surface area contributed by atoms with E-state index in [4.69, 9.17) is 9.47 Å². The highest BCUT2D eigenvalue weighted by atomic mass is 19.3. The fourth-order valence-electron chi connectivity index (χ4n) is 6.41. The molecule has 1 unspecified atom stereocenters. The van der Waals surface area contributed by atoms with E-state index >= 15 is 8.78 Å². The zero-order chi connectivity index (χ0) is 27.0. The second kappa shape index (κ2) is 10.8. The average Bonchev–Trinajstić information content (AvgIpc) is 3.38. The summed E-state index contributed by atoms with van der Waals surface area (Å²) in [5, 5.41) is 3.36. The van der Waals surface area contributed by atoms with E-state index in [2.05, 4.69) is 5.32 Å². The number of ether oxygens (including phenoxy) is 2. The molecule has 2 fully saturated rings. The van der Waals surface area contributed by atoms with E-state index < -0.39 is 30.6 Å². The van der Waals surface area contributed by atoms with Crippen LogP contribution >= 0.6 is 0 Å². The third-order valence-electron chi connectivity index (χ3n) is 8.35. The van der Waals surface area contributed by atoms with Gasteiger partial charge >= 0.3 is 0 Å². The topological polar surface area (TPSA) is 33.7 Å². The van der Waals surface area contributed by atoms with Crippen LogP contribution in [-0.4, -0.2) is 43.6 Å². The molecule has 1 aliphatic carbocycles. The average molecular weight is 541 g/mol. The lowest BCUT2D eigenvalue weighted by molar-refractivity contribution is -0.00158. The minimum atomic E-state index is -2.63. The van der Waals surface area contributed by atoms with E-state index in [9.17, 15) is 8.78 Å². The first-order valence-electron chi connectivity index (χ1n) is 13.6. The molecule has 4 nitrogen and oxygen atoms in total. The van der Waals surface area contributed by atoms with Crippen molar-refractivity contribution in [1.29, 1.82) is 0 Å². The number of benzene rings is 3. The molecule has 1 N–H and O–H groups in total. The van der Waals surface area contributed by atoms with E-state index in [0.717, 1.165) is 43.5 Å². The van der Waals surface area contributed by atoms with Gasteiger partial charge in [0.1, 0.15) is 29.7 Å². The number of halogens is 4. The fraction of sp³-hybridized carbons (Fsp3) is 0.419. The van der Waals surface area contributed by atoms with Gasteiger partial charge in [-0.3, -0.25) is 4.90 Å². The van der Waals surface area contributed by atoms with Crippen LogP contribution in [0.1, 0.15) is 47.6 Å². The first-order chi connectivity index (χ1) is 18.9. The highest BCUT2D eigenvalue weighted by molar-refractivity contribution is 5.46. The normalized spacial score (nSPS) is 24.5. The summed E-state index contributed by atoms with van der Waals surface area (Å²) in [4.78, 5) is 1.46. The van der Waals surface area contributed by atoms with Gasteiger partial charge in [0, 0.05) is 30.8 Å². The van der Waals surface area contributed by atoms with Crippen molar-refractivity contribution in [3.05, 3.63) is 94.6 Å². The van der Waals surface area contributed by atoms with Crippen LogP contribution < -0.4 is 14.8 Å². The Bertz CT molecular complexity index is 1280. The van der Waals surface area contributed by atoms with Gasteiger partial charge in [-0.1, -0.05) is 36.4 Å². The van der Waals surface area contributed by atoms with Crippen molar-refractivity contribution < 1.29 is 27.0 Å². The quantitative estimate of drug-likeness (QED) is 0.341. The first-order valence-corrected chi connectivity index (χ1v) is 13.6. The Balaban J connectivity index is 1.25. The zero-order valence-corrected chi connectivity index (χ0v) is 21.6. The highest BCUT2D eigenvalue weighted by Gasteiger charge is 2.47. The van der Waals surface area contributed by atoms with E-state index in [1.807, 2.05) is 36.4 Å². The van der Waals surface area contributed by atoms with Crippen molar-refractivity contribution in [2.45, 2.75) is 50.9 Å². The van der Waals surface area contributed by atoms with Crippen LogP contribution in [0, 0.1) is 17.0 Å². The Morgan fingerprint density at radius 1 is 0.974 bits per heavy atom. The van der Waals surface area contributed by atoms with E-state index in [0.29, 0.717) is 24.3 Å². The second-order valence-electron chi connectivity index (χ2n) is 11.0. The molecule has 2 heterocycles. The molecule has 3 aromatic rings. The van der Waals surface area contributed by atoms with Crippen molar-refractivity contribution in [2.24, 2.45) is 5.41 Å².